The summed E-state index contributed by atoms with van der Waals surface area (Å²) in [5.41, 5.74) is 5.50. The number of carbonyl (C=O) groups excluding carboxylic acids is 2. The first-order chi connectivity index (χ1) is 13.2. The largest absolute Gasteiger partial charge is 0.493 e. The Hall–Kier alpha value is -2.86. The molecule has 1 atom stereocenters. The van der Waals surface area contributed by atoms with E-state index in [1.807, 2.05) is 54.6 Å². The fourth-order valence-corrected chi connectivity index (χ4v) is 2.54. The molecule has 0 heterocycles. The Labute approximate surface area is 165 Å². The van der Waals surface area contributed by atoms with E-state index >= 15 is 0 Å². The quantitative estimate of drug-likeness (QED) is 0.581. The van der Waals surface area contributed by atoms with Crippen LogP contribution in [0.25, 0.3) is 11.1 Å². The van der Waals surface area contributed by atoms with Gasteiger partial charge in [-0.15, -0.1) is 0 Å². The number of esters is 2. The summed E-state index contributed by atoms with van der Waals surface area (Å²) >= 11 is 0. The number of methoxy groups -OCH3 is 1. The minimum absolute atomic E-state index is 0.0511. The predicted octanol–water partition coefficient (Wildman–Crippen LogP) is 3.33. The van der Waals surface area contributed by atoms with E-state index in [2.05, 4.69) is 0 Å². The number of rotatable bonds is 7. The van der Waals surface area contributed by atoms with Crippen molar-refractivity contribution >= 4 is 11.9 Å². The molecule has 0 spiro atoms. The number of ether oxygens (including phenoxy) is 3. The van der Waals surface area contributed by atoms with Crippen molar-refractivity contribution in [2.75, 3.05) is 13.7 Å². The van der Waals surface area contributed by atoms with Crippen molar-refractivity contribution in [3.05, 3.63) is 54.6 Å². The molecule has 2 N–H and O–H groups in total. The van der Waals surface area contributed by atoms with E-state index in [4.69, 9.17) is 19.9 Å². The Balaban J connectivity index is 2.02. The van der Waals surface area contributed by atoms with Crippen molar-refractivity contribution in [3.63, 3.8) is 0 Å². The maximum atomic E-state index is 12.4. The SMILES string of the molecule is COC(=O)C(N)(CCOc1ccc(-c2ccccc2)cc1)C(=O)OC(C)(C)C. The van der Waals surface area contributed by atoms with Crippen LogP contribution in [0.1, 0.15) is 27.2 Å². The third kappa shape index (κ3) is 5.57. The molecular formula is C22H27NO5. The monoisotopic (exact) mass is 385 g/mol. The van der Waals surface area contributed by atoms with Crippen LogP contribution in [0.3, 0.4) is 0 Å². The predicted molar refractivity (Wildman–Crippen MR) is 107 cm³/mol. The van der Waals surface area contributed by atoms with Crippen LogP contribution in [-0.2, 0) is 19.1 Å². The van der Waals surface area contributed by atoms with Gasteiger partial charge >= 0.3 is 11.9 Å². The van der Waals surface area contributed by atoms with Gasteiger partial charge in [-0.25, -0.2) is 9.59 Å². The van der Waals surface area contributed by atoms with Crippen LogP contribution in [0.2, 0.25) is 0 Å². The minimum Gasteiger partial charge on any atom is -0.493 e. The molecule has 0 amide bonds. The Kier molecular flexibility index (Phi) is 6.80. The van der Waals surface area contributed by atoms with Crippen LogP contribution in [-0.4, -0.2) is 36.8 Å². The van der Waals surface area contributed by atoms with Gasteiger partial charge in [0.05, 0.1) is 13.7 Å². The van der Waals surface area contributed by atoms with E-state index in [1.165, 1.54) is 7.11 Å². The summed E-state index contributed by atoms with van der Waals surface area (Å²) in [6.07, 6.45) is -0.0744. The second-order valence-electron chi connectivity index (χ2n) is 7.45. The molecule has 2 aromatic carbocycles. The molecular weight excluding hydrogens is 358 g/mol. The van der Waals surface area contributed by atoms with Gasteiger partial charge in [0.2, 0.25) is 5.54 Å². The Morgan fingerprint density at radius 2 is 1.46 bits per heavy atom. The number of hydrogen-bond acceptors (Lipinski definition) is 6. The molecule has 150 valence electrons. The second-order valence-corrected chi connectivity index (χ2v) is 7.45. The molecule has 2 aromatic rings. The molecule has 0 aliphatic rings. The Bertz CT molecular complexity index is 796. The summed E-state index contributed by atoms with van der Waals surface area (Å²) in [6.45, 7) is 5.16. The molecule has 0 saturated heterocycles. The topological polar surface area (TPSA) is 87.9 Å². The van der Waals surface area contributed by atoms with Gasteiger partial charge in [-0.05, 0) is 44.0 Å². The summed E-state index contributed by atoms with van der Waals surface area (Å²) in [4.78, 5) is 24.5. The number of nitrogens with two attached hydrogens (primary N) is 1. The summed E-state index contributed by atoms with van der Waals surface area (Å²) in [5.74, 6) is -1.09. The van der Waals surface area contributed by atoms with Gasteiger partial charge < -0.3 is 19.9 Å². The Morgan fingerprint density at radius 1 is 0.893 bits per heavy atom. The van der Waals surface area contributed by atoms with E-state index in [0.717, 1.165) is 11.1 Å². The fraction of sp³-hybridized carbons (Fsp3) is 0.364. The molecule has 1 unspecified atom stereocenters. The standard InChI is InChI=1S/C22H27NO5/c1-21(2,3)28-20(25)22(23,19(24)26-4)14-15-27-18-12-10-17(11-13-18)16-8-6-5-7-9-16/h5-13H,14-15,23H2,1-4H3. The zero-order valence-electron chi connectivity index (χ0n) is 16.7. The molecule has 0 aliphatic carbocycles. The van der Waals surface area contributed by atoms with Crippen LogP contribution >= 0.6 is 0 Å². The van der Waals surface area contributed by atoms with Crippen molar-refractivity contribution in [2.45, 2.75) is 38.3 Å². The lowest BCUT2D eigenvalue weighted by Crippen LogP contribution is -2.58. The second kappa shape index (κ2) is 8.89. The first-order valence-electron chi connectivity index (χ1n) is 9.05. The average molecular weight is 385 g/mol. The van der Waals surface area contributed by atoms with Crippen LogP contribution in [0, 0.1) is 0 Å². The van der Waals surface area contributed by atoms with Gasteiger partial charge in [0.15, 0.2) is 0 Å². The van der Waals surface area contributed by atoms with Gasteiger partial charge in [0, 0.05) is 6.42 Å². The molecule has 28 heavy (non-hydrogen) atoms. The highest BCUT2D eigenvalue weighted by molar-refractivity contribution is 6.04. The molecule has 0 fully saturated rings. The number of hydrogen-bond donors (Lipinski definition) is 1. The highest BCUT2D eigenvalue weighted by Gasteiger charge is 2.46. The van der Waals surface area contributed by atoms with Crippen LogP contribution in [0.5, 0.6) is 5.75 Å². The molecule has 0 bridgehead atoms. The van der Waals surface area contributed by atoms with E-state index in [1.54, 1.807) is 20.8 Å². The minimum atomic E-state index is -1.92. The lowest BCUT2D eigenvalue weighted by Gasteiger charge is -2.29. The van der Waals surface area contributed by atoms with Crippen molar-refractivity contribution in [3.8, 4) is 16.9 Å². The van der Waals surface area contributed by atoms with Crippen LogP contribution in [0.15, 0.2) is 54.6 Å². The van der Waals surface area contributed by atoms with Gasteiger partial charge in [0.25, 0.3) is 0 Å². The molecule has 0 aliphatic heterocycles. The zero-order chi connectivity index (χ0) is 20.8. The first-order valence-corrected chi connectivity index (χ1v) is 9.05. The fourth-order valence-electron chi connectivity index (χ4n) is 2.54. The number of carbonyl (C=O) groups is 2. The molecule has 6 heteroatoms. The molecule has 2 rings (SSSR count). The summed E-state index contributed by atoms with van der Waals surface area (Å²) < 4.78 is 15.6. The van der Waals surface area contributed by atoms with Crippen LogP contribution < -0.4 is 10.5 Å². The van der Waals surface area contributed by atoms with Gasteiger partial charge in [-0.3, -0.25) is 0 Å². The molecule has 6 nitrogen and oxygen atoms in total. The first kappa shape index (κ1) is 21.4. The van der Waals surface area contributed by atoms with Gasteiger partial charge in [0.1, 0.15) is 11.4 Å². The lowest BCUT2D eigenvalue weighted by atomic mass is 9.96. The maximum Gasteiger partial charge on any atom is 0.338 e. The third-order valence-electron chi connectivity index (χ3n) is 4.04. The highest BCUT2D eigenvalue weighted by atomic mass is 16.6. The van der Waals surface area contributed by atoms with Crippen molar-refractivity contribution in [1.29, 1.82) is 0 Å². The Morgan fingerprint density at radius 3 is 2.00 bits per heavy atom. The maximum absolute atomic E-state index is 12.4. The number of benzene rings is 2. The van der Waals surface area contributed by atoms with Gasteiger partial charge in [-0.2, -0.15) is 0 Å². The van der Waals surface area contributed by atoms with E-state index < -0.39 is 23.1 Å². The van der Waals surface area contributed by atoms with E-state index in [0.29, 0.717) is 5.75 Å². The molecule has 0 radical (unpaired) electrons. The van der Waals surface area contributed by atoms with Crippen molar-refractivity contribution < 1.29 is 23.8 Å². The zero-order valence-corrected chi connectivity index (χ0v) is 16.7. The normalized spacial score (nSPS) is 13.3. The van der Waals surface area contributed by atoms with E-state index in [-0.39, 0.29) is 13.0 Å². The van der Waals surface area contributed by atoms with Crippen LogP contribution in [0.4, 0.5) is 0 Å². The van der Waals surface area contributed by atoms with E-state index in [9.17, 15) is 9.59 Å². The molecule has 0 aromatic heterocycles. The summed E-state index contributed by atoms with van der Waals surface area (Å²) in [6, 6.07) is 17.5. The third-order valence-corrected chi connectivity index (χ3v) is 4.04. The average Bonchev–Trinajstić information content (AvgIpc) is 2.67. The van der Waals surface area contributed by atoms with Gasteiger partial charge in [-0.1, -0.05) is 42.5 Å². The lowest BCUT2D eigenvalue weighted by molar-refractivity contribution is -0.171. The highest BCUT2D eigenvalue weighted by Crippen LogP contribution is 2.23. The molecule has 0 saturated carbocycles. The smallest absolute Gasteiger partial charge is 0.338 e. The van der Waals surface area contributed by atoms with Crippen molar-refractivity contribution in [1.82, 2.24) is 0 Å². The summed E-state index contributed by atoms with van der Waals surface area (Å²) in [7, 11) is 1.18. The summed E-state index contributed by atoms with van der Waals surface area (Å²) in [5, 5.41) is 0. The van der Waals surface area contributed by atoms with Crippen molar-refractivity contribution in [2.24, 2.45) is 5.73 Å².